The van der Waals surface area contributed by atoms with Crippen LogP contribution in [0.2, 0.25) is 0 Å². The largest absolute Gasteiger partial charge is 0.508 e. The first kappa shape index (κ1) is 15.9. The van der Waals surface area contributed by atoms with E-state index in [9.17, 15) is 10.2 Å². The summed E-state index contributed by atoms with van der Waals surface area (Å²) in [4.78, 5) is 2.05. The molecule has 3 aromatic rings. The minimum absolute atomic E-state index is 0.0611. The van der Waals surface area contributed by atoms with Crippen LogP contribution in [0.4, 0.5) is 5.69 Å². The molecule has 1 atom stereocenters. The Balaban J connectivity index is 2.12. The average molecular weight is 319 g/mol. The normalized spacial score (nSPS) is 11.9. The van der Waals surface area contributed by atoms with Crippen molar-refractivity contribution in [3.63, 3.8) is 0 Å². The molecule has 1 unspecified atom stereocenters. The third-order valence-electron chi connectivity index (χ3n) is 4.20. The van der Waals surface area contributed by atoms with Gasteiger partial charge in [0, 0.05) is 37.3 Å². The predicted molar refractivity (Wildman–Crippen MR) is 97.9 cm³/mol. The van der Waals surface area contributed by atoms with Gasteiger partial charge in [0.1, 0.15) is 11.5 Å². The molecule has 3 rings (SSSR count). The number of benzene rings is 3. The van der Waals surface area contributed by atoms with E-state index >= 15 is 0 Å². The SMILES string of the molecule is CN(C)c1ccc(C(c2ccccc2)c2ccc(O)cc2O)cc1. The van der Waals surface area contributed by atoms with Crippen molar-refractivity contribution in [1.82, 2.24) is 0 Å². The smallest absolute Gasteiger partial charge is 0.123 e. The molecule has 0 aliphatic carbocycles. The number of phenolic OH excluding ortho intramolecular Hbond substituents is 2. The highest BCUT2D eigenvalue weighted by Gasteiger charge is 2.20. The maximum atomic E-state index is 10.4. The van der Waals surface area contributed by atoms with Gasteiger partial charge in [-0.05, 0) is 29.3 Å². The second kappa shape index (κ2) is 6.67. The zero-order valence-corrected chi connectivity index (χ0v) is 13.8. The number of phenols is 2. The molecular weight excluding hydrogens is 298 g/mol. The van der Waals surface area contributed by atoms with Gasteiger partial charge in [0.25, 0.3) is 0 Å². The summed E-state index contributed by atoms with van der Waals surface area (Å²) in [6, 6.07) is 23.2. The molecule has 3 heteroatoms. The van der Waals surface area contributed by atoms with E-state index < -0.39 is 0 Å². The maximum absolute atomic E-state index is 10.4. The number of hydrogen-bond donors (Lipinski definition) is 2. The van der Waals surface area contributed by atoms with Crippen LogP contribution in [-0.2, 0) is 0 Å². The Labute approximate surface area is 142 Å². The van der Waals surface area contributed by atoms with Crippen LogP contribution in [0.3, 0.4) is 0 Å². The van der Waals surface area contributed by atoms with Gasteiger partial charge in [0.05, 0.1) is 0 Å². The summed E-state index contributed by atoms with van der Waals surface area (Å²) in [5.41, 5.74) is 4.08. The number of hydrogen-bond acceptors (Lipinski definition) is 3. The fourth-order valence-corrected chi connectivity index (χ4v) is 2.94. The quantitative estimate of drug-likeness (QED) is 0.703. The van der Waals surface area contributed by atoms with Crippen LogP contribution in [0.1, 0.15) is 22.6 Å². The summed E-state index contributed by atoms with van der Waals surface area (Å²) in [5, 5.41) is 20.0. The Bertz CT molecular complexity index is 811. The van der Waals surface area contributed by atoms with E-state index in [0.29, 0.717) is 0 Å². The van der Waals surface area contributed by atoms with Crippen molar-refractivity contribution in [2.24, 2.45) is 0 Å². The molecular formula is C21H21NO2. The summed E-state index contributed by atoms with van der Waals surface area (Å²) in [6.07, 6.45) is 0. The molecule has 0 aromatic heterocycles. The lowest BCUT2D eigenvalue weighted by atomic mass is 9.84. The highest BCUT2D eigenvalue weighted by Crippen LogP contribution is 2.38. The molecule has 0 heterocycles. The van der Waals surface area contributed by atoms with Gasteiger partial charge in [-0.1, -0.05) is 48.5 Å². The Morgan fingerprint density at radius 3 is 1.96 bits per heavy atom. The second-order valence-corrected chi connectivity index (χ2v) is 6.07. The lowest BCUT2D eigenvalue weighted by molar-refractivity contribution is 0.445. The first-order chi connectivity index (χ1) is 11.6. The number of rotatable bonds is 4. The Morgan fingerprint density at radius 2 is 1.38 bits per heavy atom. The van der Waals surface area contributed by atoms with E-state index in [2.05, 4.69) is 41.3 Å². The van der Waals surface area contributed by atoms with E-state index in [1.54, 1.807) is 12.1 Å². The molecule has 3 aromatic carbocycles. The van der Waals surface area contributed by atoms with Gasteiger partial charge in [-0.25, -0.2) is 0 Å². The second-order valence-electron chi connectivity index (χ2n) is 6.07. The molecule has 0 radical (unpaired) electrons. The number of nitrogens with zero attached hydrogens (tertiary/aromatic N) is 1. The van der Waals surface area contributed by atoms with Gasteiger partial charge in [-0.2, -0.15) is 0 Å². The average Bonchev–Trinajstić information content (AvgIpc) is 2.58. The molecule has 0 amide bonds. The minimum Gasteiger partial charge on any atom is -0.508 e. The van der Waals surface area contributed by atoms with Gasteiger partial charge in [0.2, 0.25) is 0 Å². The number of anilines is 1. The van der Waals surface area contributed by atoms with Gasteiger partial charge >= 0.3 is 0 Å². The van der Waals surface area contributed by atoms with Crippen molar-refractivity contribution < 1.29 is 10.2 Å². The van der Waals surface area contributed by atoms with Crippen molar-refractivity contribution in [3.05, 3.63) is 89.5 Å². The molecule has 0 bridgehead atoms. The fraction of sp³-hybridized carbons (Fsp3) is 0.143. The summed E-state index contributed by atoms with van der Waals surface area (Å²) in [7, 11) is 4.02. The minimum atomic E-state index is -0.0944. The zero-order chi connectivity index (χ0) is 17.1. The summed E-state index contributed by atoms with van der Waals surface area (Å²) in [5.74, 6) is 0.0644. The Hall–Kier alpha value is -2.94. The van der Waals surface area contributed by atoms with Crippen LogP contribution < -0.4 is 4.90 Å². The lowest BCUT2D eigenvalue weighted by Crippen LogP contribution is -2.09. The van der Waals surface area contributed by atoms with Crippen molar-refractivity contribution in [3.8, 4) is 11.5 Å². The highest BCUT2D eigenvalue weighted by atomic mass is 16.3. The Morgan fingerprint density at radius 1 is 0.750 bits per heavy atom. The third kappa shape index (κ3) is 3.20. The van der Waals surface area contributed by atoms with E-state index in [1.165, 1.54) is 6.07 Å². The molecule has 0 spiro atoms. The fourth-order valence-electron chi connectivity index (χ4n) is 2.94. The topological polar surface area (TPSA) is 43.7 Å². The summed E-state index contributed by atoms with van der Waals surface area (Å²) in [6.45, 7) is 0. The van der Waals surface area contributed by atoms with Crippen molar-refractivity contribution in [1.29, 1.82) is 0 Å². The standard InChI is InChI=1S/C21H21NO2/c1-22(2)17-10-8-16(9-11-17)21(15-6-4-3-5-7-15)19-13-12-18(23)14-20(19)24/h3-14,21,23-24H,1-2H3. The molecule has 0 saturated carbocycles. The van der Waals surface area contributed by atoms with E-state index in [0.717, 1.165) is 22.4 Å². The van der Waals surface area contributed by atoms with Crippen LogP contribution in [0.15, 0.2) is 72.8 Å². The highest BCUT2D eigenvalue weighted by molar-refractivity contribution is 5.53. The van der Waals surface area contributed by atoms with Crippen molar-refractivity contribution >= 4 is 5.69 Å². The van der Waals surface area contributed by atoms with Gasteiger partial charge in [-0.15, -0.1) is 0 Å². The Kier molecular flexibility index (Phi) is 4.43. The van der Waals surface area contributed by atoms with Crippen LogP contribution in [0.25, 0.3) is 0 Å². The third-order valence-corrected chi connectivity index (χ3v) is 4.20. The number of aromatic hydroxyl groups is 2. The predicted octanol–water partition coefficient (Wildman–Crippen LogP) is 4.34. The molecule has 24 heavy (non-hydrogen) atoms. The molecule has 3 nitrogen and oxygen atoms in total. The van der Waals surface area contributed by atoms with Crippen molar-refractivity contribution in [2.75, 3.05) is 19.0 Å². The summed E-state index contributed by atoms with van der Waals surface area (Å²) >= 11 is 0. The molecule has 2 N–H and O–H groups in total. The van der Waals surface area contributed by atoms with Gasteiger partial charge < -0.3 is 15.1 Å². The van der Waals surface area contributed by atoms with Crippen LogP contribution >= 0.6 is 0 Å². The van der Waals surface area contributed by atoms with Crippen LogP contribution in [-0.4, -0.2) is 24.3 Å². The molecule has 0 fully saturated rings. The van der Waals surface area contributed by atoms with Crippen LogP contribution in [0.5, 0.6) is 11.5 Å². The van der Waals surface area contributed by atoms with Crippen molar-refractivity contribution in [2.45, 2.75) is 5.92 Å². The first-order valence-corrected chi connectivity index (χ1v) is 7.90. The first-order valence-electron chi connectivity index (χ1n) is 7.90. The molecule has 0 aliphatic rings. The van der Waals surface area contributed by atoms with E-state index in [1.807, 2.05) is 32.3 Å². The zero-order valence-electron chi connectivity index (χ0n) is 13.8. The van der Waals surface area contributed by atoms with Gasteiger partial charge in [0.15, 0.2) is 0 Å². The maximum Gasteiger partial charge on any atom is 0.123 e. The van der Waals surface area contributed by atoms with E-state index in [-0.39, 0.29) is 17.4 Å². The van der Waals surface area contributed by atoms with E-state index in [4.69, 9.17) is 0 Å². The summed E-state index contributed by atoms with van der Waals surface area (Å²) < 4.78 is 0. The molecule has 122 valence electrons. The molecule has 0 saturated heterocycles. The van der Waals surface area contributed by atoms with Crippen LogP contribution in [0, 0.1) is 0 Å². The monoisotopic (exact) mass is 319 g/mol. The van der Waals surface area contributed by atoms with Gasteiger partial charge in [-0.3, -0.25) is 0 Å². The molecule has 0 aliphatic heterocycles. The lowest BCUT2D eigenvalue weighted by Gasteiger charge is -2.21.